The summed E-state index contributed by atoms with van der Waals surface area (Å²) in [4.78, 5) is 24.1. The lowest BCUT2D eigenvalue weighted by Gasteiger charge is -2.24. The van der Waals surface area contributed by atoms with Crippen molar-refractivity contribution < 1.29 is 22.7 Å². The minimum absolute atomic E-state index is 0.0683. The first kappa shape index (κ1) is 27.4. The number of nitrogens with zero attached hydrogens (tertiary/aromatic N) is 2. The van der Waals surface area contributed by atoms with Crippen molar-refractivity contribution in [3.63, 3.8) is 0 Å². The predicted molar refractivity (Wildman–Crippen MR) is 144 cm³/mol. The van der Waals surface area contributed by atoms with Crippen molar-refractivity contribution in [1.29, 1.82) is 0 Å². The summed E-state index contributed by atoms with van der Waals surface area (Å²) in [6, 6.07) is 19.9. The number of sulfonamides is 1. The molecule has 3 aromatic rings. The van der Waals surface area contributed by atoms with Crippen LogP contribution in [0.5, 0.6) is 5.75 Å². The number of aryl methyl sites for hydroxylation is 1. The van der Waals surface area contributed by atoms with E-state index in [0.29, 0.717) is 29.4 Å². The van der Waals surface area contributed by atoms with Gasteiger partial charge in [-0.05, 0) is 74.9 Å². The number of nitrogens with one attached hydrogen (secondary N) is 2. The van der Waals surface area contributed by atoms with Crippen LogP contribution in [0.15, 0.2) is 82.8 Å². The molecule has 2 amide bonds. The highest BCUT2D eigenvalue weighted by atomic mass is 32.2. The molecule has 37 heavy (non-hydrogen) atoms. The summed E-state index contributed by atoms with van der Waals surface area (Å²) >= 11 is 0. The second-order valence-electron chi connectivity index (χ2n) is 8.24. The Morgan fingerprint density at radius 2 is 1.54 bits per heavy atom. The fourth-order valence-electron chi connectivity index (χ4n) is 3.40. The van der Waals surface area contributed by atoms with E-state index in [0.717, 1.165) is 15.4 Å². The van der Waals surface area contributed by atoms with Crippen LogP contribution in [0.25, 0.3) is 0 Å². The number of hydrogen-bond donors (Lipinski definition) is 2. The molecule has 0 saturated heterocycles. The molecule has 9 nitrogen and oxygen atoms in total. The van der Waals surface area contributed by atoms with Crippen LogP contribution in [0.1, 0.15) is 31.9 Å². The second kappa shape index (κ2) is 12.2. The third-order valence-corrected chi connectivity index (χ3v) is 7.09. The summed E-state index contributed by atoms with van der Waals surface area (Å²) in [6.45, 7) is 6.84. The van der Waals surface area contributed by atoms with Gasteiger partial charge in [-0.15, -0.1) is 0 Å². The topological polar surface area (TPSA) is 117 Å². The lowest BCUT2D eigenvalue weighted by Crippen LogP contribution is -2.39. The Morgan fingerprint density at radius 3 is 2.11 bits per heavy atom. The van der Waals surface area contributed by atoms with Crippen molar-refractivity contribution in [1.82, 2.24) is 5.43 Å². The molecule has 0 radical (unpaired) electrons. The normalized spacial score (nSPS) is 11.5. The van der Waals surface area contributed by atoms with E-state index in [9.17, 15) is 18.0 Å². The predicted octanol–water partition coefficient (Wildman–Crippen LogP) is 4.09. The van der Waals surface area contributed by atoms with Gasteiger partial charge in [-0.2, -0.15) is 5.10 Å². The first-order valence-electron chi connectivity index (χ1n) is 11.6. The van der Waals surface area contributed by atoms with Gasteiger partial charge >= 0.3 is 0 Å². The van der Waals surface area contributed by atoms with Crippen LogP contribution in [-0.4, -0.2) is 39.1 Å². The van der Waals surface area contributed by atoms with Crippen LogP contribution in [0.2, 0.25) is 0 Å². The van der Waals surface area contributed by atoms with Crippen molar-refractivity contribution in [2.45, 2.75) is 32.6 Å². The van der Waals surface area contributed by atoms with Crippen LogP contribution < -0.4 is 19.8 Å². The average molecular weight is 523 g/mol. The minimum atomic E-state index is -4.05. The molecule has 0 fully saturated rings. The molecule has 0 unspecified atom stereocenters. The Bertz CT molecular complexity index is 1370. The fourth-order valence-corrected chi connectivity index (χ4v) is 4.82. The van der Waals surface area contributed by atoms with Gasteiger partial charge in [0.25, 0.3) is 15.9 Å². The summed E-state index contributed by atoms with van der Waals surface area (Å²) in [5.74, 6) is -0.199. The summed E-state index contributed by atoms with van der Waals surface area (Å²) in [5, 5.41) is 6.81. The molecule has 0 aromatic heterocycles. The van der Waals surface area contributed by atoms with E-state index in [4.69, 9.17) is 4.74 Å². The third kappa shape index (κ3) is 7.40. The monoisotopic (exact) mass is 522 g/mol. The molecule has 194 valence electrons. The van der Waals surface area contributed by atoms with Gasteiger partial charge in [0, 0.05) is 12.6 Å². The zero-order valence-corrected chi connectivity index (χ0v) is 22.0. The van der Waals surface area contributed by atoms with Crippen LogP contribution in [0.4, 0.5) is 11.4 Å². The summed E-state index contributed by atoms with van der Waals surface area (Å²) in [6.07, 6.45) is 0. The van der Waals surface area contributed by atoms with E-state index in [-0.39, 0.29) is 10.8 Å². The Kier molecular flexibility index (Phi) is 9.02. The van der Waals surface area contributed by atoms with Gasteiger partial charge in [0.2, 0.25) is 5.91 Å². The number of amides is 2. The number of rotatable bonds is 10. The standard InChI is InChI=1S/C27H30N4O5S/c1-5-36-25-14-12-24(13-15-25)31(37(34,35)26-16-6-19(2)7-17-26)18-27(33)30-29-20(3)22-8-10-23(11-9-22)28-21(4)32/h6-17H,5,18H2,1-4H3,(H,28,32)(H,30,33)/b29-20-. The highest BCUT2D eigenvalue weighted by Gasteiger charge is 2.27. The molecule has 0 spiro atoms. The summed E-state index contributed by atoms with van der Waals surface area (Å²) in [5.41, 5.74) is 5.55. The van der Waals surface area contributed by atoms with Gasteiger partial charge in [0.05, 0.1) is 22.9 Å². The van der Waals surface area contributed by atoms with Crippen LogP contribution in [0.3, 0.4) is 0 Å². The highest BCUT2D eigenvalue weighted by Crippen LogP contribution is 2.26. The van der Waals surface area contributed by atoms with Crippen LogP contribution >= 0.6 is 0 Å². The van der Waals surface area contributed by atoms with E-state index in [2.05, 4.69) is 15.8 Å². The number of ether oxygens (including phenoxy) is 1. The van der Waals surface area contributed by atoms with Crippen molar-refractivity contribution in [3.05, 3.63) is 83.9 Å². The molecule has 0 aliphatic carbocycles. The molecule has 0 heterocycles. The fraction of sp³-hybridized carbons (Fsp3) is 0.222. The first-order chi connectivity index (χ1) is 17.6. The Balaban J connectivity index is 1.82. The quantitative estimate of drug-likeness (QED) is 0.307. The maximum absolute atomic E-state index is 13.5. The Labute approximate surface area is 217 Å². The zero-order chi connectivity index (χ0) is 27.0. The molecular weight excluding hydrogens is 492 g/mol. The van der Waals surface area contributed by atoms with Gasteiger partial charge < -0.3 is 10.1 Å². The van der Waals surface area contributed by atoms with Gasteiger partial charge in [0.15, 0.2) is 0 Å². The summed E-state index contributed by atoms with van der Waals surface area (Å²) in [7, 11) is -4.05. The smallest absolute Gasteiger partial charge is 0.264 e. The number of benzene rings is 3. The molecule has 3 aromatic carbocycles. The number of hydrazone groups is 1. The average Bonchev–Trinajstić information content (AvgIpc) is 2.87. The van der Waals surface area contributed by atoms with E-state index in [1.807, 2.05) is 13.8 Å². The molecule has 2 N–H and O–H groups in total. The number of carbonyl (C=O) groups is 2. The first-order valence-corrected chi connectivity index (χ1v) is 13.1. The van der Waals surface area contributed by atoms with Crippen LogP contribution in [0, 0.1) is 6.92 Å². The van der Waals surface area contributed by atoms with Crippen molar-refractivity contribution >= 4 is 38.9 Å². The van der Waals surface area contributed by atoms with E-state index < -0.39 is 22.5 Å². The molecular formula is C27H30N4O5S. The molecule has 0 saturated carbocycles. The Hall–Kier alpha value is -4.18. The van der Waals surface area contributed by atoms with E-state index in [1.165, 1.54) is 19.1 Å². The molecule has 0 bridgehead atoms. The maximum Gasteiger partial charge on any atom is 0.264 e. The van der Waals surface area contributed by atoms with Gasteiger partial charge in [-0.1, -0.05) is 29.8 Å². The number of anilines is 2. The number of carbonyl (C=O) groups excluding carboxylic acids is 2. The van der Waals surface area contributed by atoms with E-state index in [1.54, 1.807) is 67.6 Å². The minimum Gasteiger partial charge on any atom is -0.494 e. The highest BCUT2D eigenvalue weighted by molar-refractivity contribution is 7.92. The van der Waals surface area contributed by atoms with Gasteiger partial charge in [0.1, 0.15) is 12.3 Å². The van der Waals surface area contributed by atoms with E-state index >= 15 is 0 Å². The molecule has 3 rings (SSSR count). The van der Waals surface area contributed by atoms with Crippen molar-refractivity contribution in [3.8, 4) is 5.75 Å². The van der Waals surface area contributed by atoms with Gasteiger partial charge in [-0.3, -0.25) is 13.9 Å². The second-order valence-corrected chi connectivity index (χ2v) is 10.1. The van der Waals surface area contributed by atoms with Crippen molar-refractivity contribution in [2.24, 2.45) is 5.10 Å². The Morgan fingerprint density at radius 1 is 0.919 bits per heavy atom. The number of hydrogen-bond acceptors (Lipinski definition) is 6. The summed E-state index contributed by atoms with van der Waals surface area (Å²) < 4.78 is 33.5. The van der Waals surface area contributed by atoms with Crippen molar-refractivity contribution in [2.75, 3.05) is 22.8 Å². The molecule has 0 aliphatic heterocycles. The third-order valence-electron chi connectivity index (χ3n) is 5.30. The molecule has 10 heteroatoms. The lowest BCUT2D eigenvalue weighted by atomic mass is 10.1. The largest absolute Gasteiger partial charge is 0.494 e. The van der Waals surface area contributed by atoms with Crippen LogP contribution in [-0.2, 0) is 19.6 Å². The zero-order valence-electron chi connectivity index (χ0n) is 21.2. The SMILES string of the molecule is CCOc1ccc(N(CC(=O)N/N=C(/C)c2ccc(NC(C)=O)cc2)S(=O)(=O)c2ccc(C)cc2)cc1. The molecule has 0 atom stereocenters. The van der Waals surface area contributed by atoms with Gasteiger partial charge in [-0.25, -0.2) is 13.8 Å². The maximum atomic E-state index is 13.5. The molecule has 0 aliphatic rings. The lowest BCUT2D eigenvalue weighted by molar-refractivity contribution is -0.119.